The van der Waals surface area contributed by atoms with Crippen LogP contribution in [0.5, 0.6) is 5.75 Å². The molecular weight excluding hydrogens is 504 g/mol. The Morgan fingerprint density at radius 3 is 2.77 bits per heavy atom. The van der Waals surface area contributed by atoms with Gasteiger partial charge >= 0.3 is 0 Å². The predicted molar refractivity (Wildman–Crippen MR) is 141 cm³/mol. The van der Waals surface area contributed by atoms with Gasteiger partial charge in [0.1, 0.15) is 10.6 Å². The molecule has 35 heavy (non-hydrogen) atoms. The minimum atomic E-state index is -0.357. The number of halogens is 1. The smallest absolute Gasteiger partial charge is 0.267 e. The summed E-state index contributed by atoms with van der Waals surface area (Å²) in [6.45, 7) is 0. The zero-order valence-electron chi connectivity index (χ0n) is 18.5. The topological polar surface area (TPSA) is 96.6 Å². The number of thiophene rings is 1. The number of rotatable bonds is 6. The molecular formula is C25H21ClN4O3S2. The molecule has 0 atom stereocenters. The summed E-state index contributed by atoms with van der Waals surface area (Å²) in [5.41, 5.74) is 4.58. The lowest BCUT2D eigenvalue weighted by molar-refractivity contribution is -0.118. The van der Waals surface area contributed by atoms with Gasteiger partial charge in [0, 0.05) is 15.5 Å². The number of benzene rings is 2. The molecule has 7 nitrogen and oxygen atoms in total. The van der Waals surface area contributed by atoms with Gasteiger partial charge in [-0.1, -0.05) is 35.5 Å². The highest BCUT2D eigenvalue weighted by atomic mass is 35.5. The number of hydrogen-bond donors (Lipinski definition) is 2. The number of para-hydroxylation sites is 1. The summed E-state index contributed by atoms with van der Waals surface area (Å²) in [6, 6.07) is 13.7. The second kappa shape index (κ2) is 10.2. The third-order valence-electron chi connectivity index (χ3n) is 5.70. The van der Waals surface area contributed by atoms with E-state index in [1.165, 1.54) is 22.9 Å². The number of hydrazone groups is 1. The van der Waals surface area contributed by atoms with Crippen LogP contribution in [0, 0.1) is 0 Å². The first-order chi connectivity index (χ1) is 17.0. The molecule has 0 bridgehead atoms. The van der Waals surface area contributed by atoms with Crippen molar-refractivity contribution in [3.05, 3.63) is 79.9 Å². The van der Waals surface area contributed by atoms with Crippen molar-refractivity contribution in [3.8, 4) is 11.4 Å². The van der Waals surface area contributed by atoms with Gasteiger partial charge in [-0.15, -0.1) is 11.3 Å². The molecule has 2 N–H and O–H groups in total. The Hall–Kier alpha value is -3.14. The second-order valence-electron chi connectivity index (χ2n) is 8.04. The molecule has 10 heteroatoms. The molecule has 0 radical (unpaired) electrons. The Morgan fingerprint density at radius 2 is 1.97 bits per heavy atom. The quantitative estimate of drug-likeness (QED) is 0.161. The summed E-state index contributed by atoms with van der Waals surface area (Å²) in [4.78, 5) is 32.9. The fraction of sp³-hybridized carbons (Fsp3) is 0.200. The van der Waals surface area contributed by atoms with E-state index in [-0.39, 0.29) is 23.0 Å². The maximum atomic E-state index is 13.7. The van der Waals surface area contributed by atoms with Gasteiger partial charge in [-0.3, -0.25) is 14.2 Å². The van der Waals surface area contributed by atoms with Crippen LogP contribution in [0.3, 0.4) is 0 Å². The number of phenolic OH excluding ortho intramolecular Hbond substituents is 1. The zero-order valence-corrected chi connectivity index (χ0v) is 20.9. The number of hydrogen-bond acceptors (Lipinski definition) is 7. The van der Waals surface area contributed by atoms with Crippen molar-refractivity contribution in [2.24, 2.45) is 5.10 Å². The van der Waals surface area contributed by atoms with Crippen LogP contribution in [0.2, 0.25) is 5.02 Å². The van der Waals surface area contributed by atoms with Crippen molar-refractivity contribution in [1.29, 1.82) is 0 Å². The highest BCUT2D eigenvalue weighted by molar-refractivity contribution is 7.99. The van der Waals surface area contributed by atoms with Gasteiger partial charge in [0.05, 0.1) is 23.0 Å². The van der Waals surface area contributed by atoms with Gasteiger partial charge in [-0.25, -0.2) is 10.4 Å². The lowest BCUT2D eigenvalue weighted by Crippen LogP contribution is -2.24. The van der Waals surface area contributed by atoms with Crippen LogP contribution >= 0.6 is 34.7 Å². The van der Waals surface area contributed by atoms with E-state index in [1.807, 2.05) is 0 Å². The first-order valence-electron chi connectivity index (χ1n) is 11.1. The summed E-state index contributed by atoms with van der Waals surface area (Å²) in [5.74, 6) is -0.276. The number of fused-ring (bicyclic) bond motifs is 3. The van der Waals surface area contributed by atoms with Crippen LogP contribution < -0.4 is 11.0 Å². The average Bonchev–Trinajstić information content (AvgIpc) is 3.23. The first-order valence-corrected chi connectivity index (χ1v) is 13.2. The largest absolute Gasteiger partial charge is 0.507 e. The molecule has 0 unspecified atom stereocenters. The Bertz CT molecular complexity index is 1500. The lowest BCUT2D eigenvalue weighted by atomic mass is 9.97. The monoisotopic (exact) mass is 524 g/mol. The van der Waals surface area contributed by atoms with E-state index in [1.54, 1.807) is 64.4 Å². The second-order valence-corrected chi connectivity index (χ2v) is 10.5. The minimum Gasteiger partial charge on any atom is -0.507 e. The van der Waals surface area contributed by atoms with E-state index in [9.17, 15) is 14.7 Å². The molecule has 1 amide bonds. The molecule has 2 aromatic carbocycles. The number of phenols is 1. The SMILES string of the molecule is O=C(CSc1nc2sc3c(c2c(=O)n1-c1ccc(Cl)cc1)CCCC3)NN=Cc1ccccc1O. The van der Waals surface area contributed by atoms with Gasteiger partial charge in [0.15, 0.2) is 5.16 Å². The number of carbonyl (C=O) groups is 1. The number of amides is 1. The highest BCUT2D eigenvalue weighted by Crippen LogP contribution is 2.35. The molecule has 4 aromatic rings. The fourth-order valence-corrected chi connectivity index (χ4v) is 6.27. The minimum absolute atomic E-state index is 0.00867. The number of nitrogens with one attached hydrogen (secondary N) is 1. The van der Waals surface area contributed by atoms with Crippen molar-refractivity contribution >= 4 is 57.0 Å². The van der Waals surface area contributed by atoms with Gasteiger partial charge in [-0.05, 0) is 67.6 Å². The molecule has 1 aliphatic rings. The zero-order chi connectivity index (χ0) is 24.4. The maximum absolute atomic E-state index is 13.7. The molecule has 0 saturated carbocycles. The van der Waals surface area contributed by atoms with Crippen LogP contribution in [0.1, 0.15) is 28.8 Å². The van der Waals surface area contributed by atoms with Crippen molar-refractivity contribution in [2.45, 2.75) is 30.8 Å². The number of nitrogens with zero attached hydrogens (tertiary/aromatic N) is 3. The van der Waals surface area contributed by atoms with E-state index in [4.69, 9.17) is 16.6 Å². The number of aromatic hydroxyl groups is 1. The van der Waals surface area contributed by atoms with E-state index < -0.39 is 0 Å². The maximum Gasteiger partial charge on any atom is 0.267 e. The van der Waals surface area contributed by atoms with Crippen LogP contribution in [-0.2, 0) is 17.6 Å². The Kier molecular flexibility index (Phi) is 6.90. The molecule has 2 heterocycles. The van der Waals surface area contributed by atoms with Crippen LogP contribution in [0.4, 0.5) is 0 Å². The van der Waals surface area contributed by atoms with E-state index in [2.05, 4.69) is 10.5 Å². The van der Waals surface area contributed by atoms with Crippen molar-refractivity contribution in [3.63, 3.8) is 0 Å². The van der Waals surface area contributed by atoms with Crippen molar-refractivity contribution < 1.29 is 9.90 Å². The molecule has 2 aromatic heterocycles. The molecule has 0 aliphatic heterocycles. The summed E-state index contributed by atoms with van der Waals surface area (Å²) in [5, 5.41) is 15.4. The van der Waals surface area contributed by atoms with E-state index in [0.717, 1.165) is 31.2 Å². The van der Waals surface area contributed by atoms with Gasteiger partial charge in [0.25, 0.3) is 11.5 Å². The Morgan fingerprint density at radius 1 is 1.20 bits per heavy atom. The standard InChI is InChI=1S/C25H21ClN4O3S2/c26-16-9-11-17(12-10-16)30-24(33)22-18-6-2-4-8-20(18)35-23(22)28-25(30)34-14-21(32)29-27-13-15-5-1-3-7-19(15)31/h1,3,5,7,9-13,31H,2,4,6,8,14H2,(H,29,32). The molecule has 5 rings (SSSR count). The summed E-state index contributed by atoms with van der Waals surface area (Å²) >= 11 is 8.81. The average molecular weight is 525 g/mol. The molecule has 178 valence electrons. The Balaban J connectivity index is 1.44. The van der Waals surface area contributed by atoms with Crippen LogP contribution in [-0.4, -0.2) is 32.5 Å². The van der Waals surface area contributed by atoms with E-state index in [0.29, 0.717) is 31.6 Å². The third kappa shape index (κ3) is 4.98. The van der Waals surface area contributed by atoms with Crippen LogP contribution in [0.15, 0.2) is 63.6 Å². The number of thioether (sulfide) groups is 1. The van der Waals surface area contributed by atoms with Crippen LogP contribution in [0.25, 0.3) is 15.9 Å². The third-order valence-corrected chi connectivity index (χ3v) is 8.08. The normalized spacial score (nSPS) is 13.3. The summed E-state index contributed by atoms with van der Waals surface area (Å²) < 4.78 is 1.56. The van der Waals surface area contributed by atoms with Gasteiger partial charge in [-0.2, -0.15) is 5.10 Å². The van der Waals surface area contributed by atoms with Gasteiger partial charge < -0.3 is 5.11 Å². The van der Waals surface area contributed by atoms with E-state index >= 15 is 0 Å². The number of carbonyl (C=O) groups excluding carboxylic acids is 1. The number of aryl methyl sites for hydroxylation is 2. The highest BCUT2D eigenvalue weighted by Gasteiger charge is 2.23. The lowest BCUT2D eigenvalue weighted by Gasteiger charge is -2.13. The summed E-state index contributed by atoms with van der Waals surface area (Å²) in [6.07, 6.45) is 5.42. The van der Waals surface area contributed by atoms with Crippen molar-refractivity contribution in [1.82, 2.24) is 15.0 Å². The van der Waals surface area contributed by atoms with Gasteiger partial charge in [0.2, 0.25) is 0 Å². The predicted octanol–water partition coefficient (Wildman–Crippen LogP) is 4.93. The molecule has 0 fully saturated rings. The number of aromatic nitrogens is 2. The molecule has 0 spiro atoms. The van der Waals surface area contributed by atoms with Crippen molar-refractivity contribution in [2.75, 3.05) is 5.75 Å². The molecule has 1 aliphatic carbocycles. The molecule has 0 saturated heterocycles. The Labute approximate surface area is 214 Å². The fourth-order valence-electron chi connectivity index (χ4n) is 4.03. The first kappa shape index (κ1) is 23.6. The summed E-state index contributed by atoms with van der Waals surface area (Å²) in [7, 11) is 0.